The Hall–Kier alpha value is -4.49. The molecule has 0 fully saturated rings. The van der Waals surface area contributed by atoms with Gasteiger partial charge in [-0.05, 0) is 36.8 Å². The fourth-order valence-corrected chi connectivity index (χ4v) is 4.17. The molecule has 3 rings (SSSR count). The van der Waals surface area contributed by atoms with Crippen molar-refractivity contribution in [2.45, 2.75) is 31.5 Å². The molecule has 0 spiro atoms. The SMILES string of the molecule is CC(=O)O.CCOC(C(=O)NCc1ccc(C(=N)N)cc1)n1cccc(NS(=O)(=O)c2ccccc2)c1=O. The number of ether oxygens (including phenoxy) is 1. The normalized spacial score (nSPS) is 11.4. The largest absolute Gasteiger partial charge is 0.481 e. The zero-order valence-electron chi connectivity index (χ0n) is 20.7. The molecule has 1 aromatic heterocycles. The summed E-state index contributed by atoms with van der Waals surface area (Å²) in [5.41, 5.74) is 5.80. The van der Waals surface area contributed by atoms with Crippen LogP contribution in [-0.4, -0.2) is 42.4 Å². The number of hydrogen-bond acceptors (Lipinski definition) is 7. The molecule has 38 heavy (non-hydrogen) atoms. The Kier molecular flexibility index (Phi) is 10.7. The molecule has 1 atom stereocenters. The molecule has 0 aliphatic heterocycles. The molecule has 13 heteroatoms. The van der Waals surface area contributed by atoms with E-state index in [1.54, 1.807) is 49.4 Å². The Labute approximate surface area is 219 Å². The number of aromatic nitrogens is 1. The zero-order chi connectivity index (χ0) is 28.3. The maximum atomic E-state index is 13.0. The summed E-state index contributed by atoms with van der Waals surface area (Å²) in [6, 6.07) is 17.2. The van der Waals surface area contributed by atoms with Crippen LogP contribution in [0.5, 0.6) is 0 Å². The number of hydrogen-bond donors (Lipinski definition) is 5. The lowest BCUT2D eigenvalue weighted by molar-refractivity contribution is -0.139. The first-order chi connectivity index (χ1) is 18.0. The van der Waals surface area contributed by atoms with E-state index >= 15 is 0 Å². The summed E-state index contributed by atoms with van der Waals surface area (Å²) in [4.78, 5) is 34.9. The fraction of sp³-hybridized carbons (Fsp3) is 0.200. The summed E-state index contributed by atoms with van der Waals surface area (Å²) >= 11 is 0. The number of carboxylic acids is 1. The van der Waals surface area contributed by atoms with E-state index in [4.69, 9.17) is 25.8 Å². The predicted octanol–water partition coefficient (Wildman–Crippen LogP) is 1.88. The molecule has 2 aromatic carbocycles. The van der Waals surface area contributed by atoms with E-state index < -0.39 is 33.7 Å². The van der Waals surface area contributed by atoms with Crippen molar-refractivity contribution in [1.82, 2.24) is 9.88 Å². The zero-order valence-corrected chi connectivity index (χ0v) is 21.6. The number of sulfonamides is 1. The van der Waals surface area contributed by atoms with Crippen LogP contribution in [0.2, 0.25) is 0 Å². The predicted molar refractivity (Wildman–Crippen MR) is 141 cm³/mol. The number of carboxylic acid groups (broad SMARTS) is 1. The number of nitrogens with zero attached hydrogens (tertiary/aromatic N) is 1. The fourth-order valence-electron chi connectivity index (χ4n) is 3.09. The van der Waals surface area contributed by atoms with Crippen molar-refractivity contribution < 1.29 is 27.9 Å². The number of benzene rings is 2. The molecule has 0 aliphatic rings. The molecule has 1 amide bonds. The van der Waals surface area contributed by atoms with E-state index in [1.807, 2.05) is 0 Å². The number of nitrogen functional groups attached to an aromatic ring is 1. The first kappa shape index (κ1) is 29.7. The number of carbonyl (C=O) groups is 2. The van der Waals surface area contributed by atoms with Gasteiger partial charge in [-0.15, -0.1) is 0 Å². The molecule has 0 saturated carbocycles. The van der Waals surface area contributed by atoms with Crippen molar-refractivity contribution in [2.75, 3.05) is 11.3 Å². The average Bonchev–Trinajstić information content (AvgIpc) is 2.87. The highest BCUT2D eigenvalue weighted by molar-refractivity contribution is 7.92. The van der Waals surface area contributed by atoms with Gasteiger partial charge in [0, 0.05) is 31.8 Å². The van der Waals surface area contributed by atoms with Crippen molar-refractivity contribution in [3.8, 4) is 0 Å². The first-order valence-electron chi connectivity index (χ1n) is 11.3. The summed E-state index contributed by atoms with van der Waals surface area (Å²) in [6.45, 7) is 3.04. The second kappa shape index (κ2) is 13.7. The Morgan fingerprint density at radius 2 is 1.68 bits per heavy atom. The van der Waals surface area contributed by atoms with Gasteiger partial charge < -0.3 is 20.9 Å². The number of nitrogens with two attached hydrogens (primary N) is 1. The van der Waals surface area contributed by atoms with Crippen LogP contribution in [0.3, 0.4) is 0 Å². The second-order valence-corrected chi connectivity index (χ2v) is 9.39. The van der Waals surface area contributed by atoms with Gasteiger partial charge in [0.2, 0.25) is 6.23 Å². The highest BCUT2D eigenvalue weighted by Gasteiger charge is 2.24. The molecule has 1 unspecified atom stereocenters. The summed E-state index contributed by atoms with van der Waals surface area (Å²) in [5.74, 6) is -1.48. The highest BCUT2D eigenvalue weighted by Crippen LogP contribution is 2.15. The quantitative estimate of drug-likeness (QED) is 0.189. The number of anilines is 1. The number of nitrogens with one attached hydrogen (secondary N) is 3. The van der Waals surface area contributed by atoms with Gasteiger partial charge in [-0.2, -0.15) is 0 Å². The van der Waals surface area contributed by atoms with Crippen LogP contribution in [0.15, 0.2) is 82.6 Å². The number of amides is 1. The molecular weight excluding hydrogens is 514 g/mol. The molecule has 3 aromatic rings. The standard InChI is InChI=1S/C23H25N5O5S.C2H4O2/c1-2-33-23(21(29)26-15-16-10-12-17(13-11-16)20(24)25)28-14-6-9-19(22(28)30)27-34(31,32)18-7-4-3-5-8-18;1-2(3)4/h3-14,23,27H,2,15H2,1H3,(H3,24,25)(H,26,29);1H3,(H,3,4). The smallest absolute Gasteiger partial charge is 0.300 e. The van der Waals surface area contributed by atoms with Gasteiger partial charge in [0.15, 0.2) is 0 Å². The maximum Gasteiger partial charge on any atom is 0.300 e. The van der Waals surface area contributed by atoms with E-state index in [2.05, 4.69) is 10.0 Å². The van der Waals surface area contributed by atoms with Gasteiger partial charge in [-0.1, -0.05) is 42.5 Å². The first-order valence-corrected chi connectivity index (χ1v) is 12.8. The van der Waals surface area contributed by atoms with E-state index in [-0.39, 0.29) is 29.6 Å². The Morgan fingerprint density at radius 1 is 1.08 bits per heavy atom. The van der Waals surface area contributed by atoms with Crippen LogP contribution >= 0.6 is 0 Å². The third-order valence-electron chi connectivity index (χ3n) is 4.81. The van der Waals surface area contributed by atoms with Gasteiger partial charge in [0.1, 0.15) is 11.5 Å². The average molecular weight is 544 g/mol. The lowest BCUT2D eigenvalue weighted by atomic mass is 10.1. The molecule has 202 valence electrons. The molecule has 12 nitrogen and oxygen atoms in total. The van der Waals surface area contributed by atoms with Gasteiger partial charge in [-0.25, -0.2) is 8.42 Å². The third-order valence-corrected chi connectivity index (χ3v) is 6.19. The number of aliphatic carboxylic acids is 1. The topological polar surface area (TPSA) is 194 Å². The summed E-state index contributed by atoms with van der Waals surface area (Å²) in [7, 11) is -4.00. The Morgan fingerprint density at radius 3 is 2.24 bits per heavy atom. The van der Waals surface area contributed by atoms with Gasteiger partial charge in [-0.3, -0.25) is 29.1 Å². The van der Waals surface area contributed by atoms with Crippen molar-refractivity contribution in [1.29, 1.82) is 5.41 Å². The molecular formula is C25H29N5O7S. The van der Waals surface area contributed by atoms with Crippen molar-refractivity contribution in [2.24, 2.45) is 5.73 Å². The molecule has 0 saturated heterocycles. The number of rotatable bonds is 10. The van der Waals surface area contributed by atoms with Gasteiger partial charge in [0.05, 0.1) is 4.90 Å². The number of carbonyl (C=O) groups excluding carboxylic acids is 1. The van der Waals surface area contributed by atoms with E-state index in [1.165, 1.54) is 30.5 Å². The van der Waals surface area contributed by atoms with Crippen LogP contribution in [0, 0.1) is 5.41 Å². The van der Waals surface area contributed by atoms with Crippen molar-refractivity contribution >= 4 is 33.4 Å². The van der Waals surface area contributed by atoms with Crippen LogP contribution in [0.1, 0.15) is 31.2 Å². The Balaban J connectivity index is 0.00000118. The molecule has 1 heterocycles. The lowest BCUT2D eigenvalue weighted by Crippen LogP contribution is -2.39. The molecule has 0 aliphatic carbocycles. The number of pyridine rings is 1. The van der Waals surface area contributed by atoms with Crippen molar-refractivity contribution in [3.05, 3.63) is 94.4 Å². The minimum atomic E-state index is -4.00. The Bertz CT molecular complexity index is 1420. The third kappa shape index (κ3) is 8.57. The maximum absolute atomic E-state index is 13.0. The van der Waals surface area contributed by atoms with E-state index in [9.17, 15) is 18.0 Å². The number of amidine groups is 1. The van der Waals surface area contributed by atoms with Crippen LogP contribution in [0.25, 0.3) is 0 Å². The van der Waals surface area contributed by atoms with E-state index in [0.29, 0.717) is 5.56 Å². The highest BCUT2D eigenvalue weighted by atomic mass is 32.2. The molecule has 6 N–H and O–H groups in total. The molecule has 0 radical (unpaired) electrons. The van der Waals surface area contributed by atoms with E-state index in [0.717, 1.165) is 17.1 Å². The summed E-state index contributed by atoms with van der Waals surface area (Å²) in [6.07, 6.45) is 0.0414. The van der Waals surface area contributed by atoms with Crippen molar-refractivity contribution in [3.63, 3.8) is 0 Å². The minimum absolute atomic E-state index is 0.000282. The summed E-state index contributed by atoms with van der Waals surface area (Å²) in [5, 5.41) is 17.6. The van der Waals surface area contributed by atoms with Crippen LogP contribution < -0.4 is 21.3 Å². The second-order valence-electron chi connectivity index (χ2n) is 7.71. The molecule has 0 bridgehead atoms. The minimum Gasteiger partial charge on any atom is -0.481 e. The van der Waals surface area contributed by atoms with Crippen LogP contribution in [-0.2, 0) is 30.9 Å². The monoisotopic (exact) mass is 543 g/mol. The summed E-state index contributed by atoms with van der Waals surface area (Å²) < 4.78 is 34.1. The lowest BCUT2D eigenvalue weighted by Gasteiger charge is -2.20. The van der Waals surface area contributed by atoms with Gasteiger partial charge in [0.25, 0.3) is 27.5 Å². The van der Waals surface area contributed by atoms with Gasteiger partial charge >= 0.3 is 0 Å². The van der Waals surface area contributed by atoms with Crippen LogP contribution in [0.4, 0.5) is 5.69 Å².